The van der Waals surface area contributed by atoms with Crippen LogP contribution in [0, 0.1) is 0 Å². The van der Waals surface area contributed by atoms with Gasteiger partial charge in [0, 0.05) is 0 Å². The Morgan fingerprint density at radius 2 is 1.38 bits per heavy atom. The Labute approximate surface area is 124 Å². The fourth-order valence-corrected chi connectivity index (χ4v) is 2.60. The van der Waals surface area contributed by atoms with Gasteiger partial charge in [0.25, 0.3) is 0 Å². The highest BCUT2D eigenvalue weighted by molar-refractivity contribution is 6.01. The predicted octanol–water partition coefficient (Wildman–Crippen LogP) is 4.99. The van der Waals surface area contributed by atoms with Gasteiger partial charge in [-0.3, -0.25) is 0 Å². The van der Waals surface area contributed by atoms with Gasteiger partial charge in [0.1, 0.15) is 0 Å². The Morgan fingerprint density at radius 3 is 1.95 bits per heavy atom. The average molecular weight is 278 g/mol. The van der Waals surface area contributed by atoms with Crippen molar-refractivity contribution in [2.45, 2.75) is 26.2 Å². The van der Waals surface area contributed by atoms with Gasteiger partial charge in [-0.1, -0.05) is 45.0 Å². The minimum Gasteiger partial charge on any atom is -0.478 e. The molecule has 2 nitrogen and oxygen atoms in total. The molecule has 0 aromatic heterocycles. The second-order valence-corrected chi connectivity index (χ2v) is 6.53. The summed E-state index contributed by atoms with van der Waals surface area (Å²) in [5.41, 5.74) is 1.75. The second-order valence-electron chi connectivity index (χ2n) is 6.53. The molecule has 3 aromatic rings. The van der Waals surface area contributed by atoms with Gasteiger partial charge in [-0.15, -0.1) is 0 Å². The third-order valence-corrected chi connectivity index (χ3v) is 3.91. The summed E-state index contributed by atoms with van der Waals surface area (Å²) >= 11 is 0. The van der Waals surface area contributed by atoms with Gasteiger partial charge in [-0.05, 0) is 56.8 Å². The molecular formula is C19H18O2. The Bertz CT molecular complexity index is 854. The minimum atomic E-state index is -0.889. The van der Waals surface area contributed by atoms with Gasteiger partial charge in [0.15, 0.2) is 0 Å². The van der Waals surface area contributed by atoms with E-state index in [1.165, 1.54) is 10.9 Å². The van der Waals surface area contributed by atoms with Crippen molar-refractivity contribution in [3.63, 3.8) is 0 Å². The van der Waals surface area contributed by atoms with Gasteiger partial charge in [-0.25, -0.2) is 4.79 Å². The van der Waals surface area contributed by atoms with E-state index < -0.39 is 5.97 Å². The van der Waals surface area contributed by atoms with E-state index >= 15 is 0 Å². The number of fused-ring (bicyclic) bond motifs is 2. The first-order chi connectivity index (χ1) is 9.84. The lowest BCUT2D eigenvalue weighted by atomic mass is 9.85. The van der Waals surface area contributed by atoms with E-state index in [4.69, 9.17) is 5.11 Å². The molecule has 3 aromatic carbocycles. The molecule has 0 heterocycles. The highest BCUT2D eigenvalue weighted by atomic mass is 16.4. The quantitative estimate of drug-likeness (QED) is 0.637. The minimum absolute atomic E-state index is 0.121. The zero-order valence-corrected chi connectivity index (χ0v) is 12.5. The Balaban J connectivity index is 2.24. The van der Waals surface area contributed by atoms with E-state index in [1.54, 1.807) is 12.1 Å². The molecule has 0 aliphatic rings. The molecule has 0 saturated heterocycles. The van der Waals surface area contributed by atoms with Crippen molar-refractivity contribution >= 4 is 27.5 Å². The number of hydrogen-bond donors (Lipinski definition) is 1. The maximum atomic E-state index is 11.1. The number of carbonyl (C=O) groups is 1. The molecule has 0 bridgehead atoms. The zero-order chi connectivity index (χ0) is 15.2. The maximum Gasteiger partial charge on any atom is 0.335 e. The first-order valence-corrected chi connectivity index (χ1v) is 7.06. The summed E-state index contributed by atoms with van der Waals surface area (Å²) in [5.74, 6) is -0.889. The van der Waals surface area contributed by atoms with E-state index in [1.807, 2.05) is 6.07 Å². The number of hydrogen-bond acceptors (Lipinski definition) is 1. The summed E-state index contributed by atoms with van der Waals surface area (Å²) in [6.07, 6.45) is 0. The summed E-state index contributed by atoms with van der Waals surface area (Å²) < 4.78 is 0. The molecule has 0 unspecified atom stereocenters. The van der Waals surface area contributed by atoms with Crippen molar-refractivity contribution in [1.29, 1.82) is 0 Å². The third-order valence-electron chi connectivity index (χ3n) is 3.91. The fraction of sp³-hybridized carbons (Fsp3) is 0.211. The Kier molecular flexibility index (Phi) is 2.98. The van der Waals surface area contributed by atoms with Crippen LogP contribution in [0.5, 0.6) is 0 Å². The van der Waals surface area contributed by atoms with Gasteiger partial charge in [-0.2, -0.15) is 0 Å². The second kappa shape index (κ2) is 4.59. The lowest BCUT2D eigenvalue weighted by Crippen LogP contribution is -2.10. The van der Waals surface area contributed by atoms with Crippen molar-refractivity contribution in [1.82, 2.24) is 0 Å². The van der Waals surface area contributed by atoms with E-state index in [-0.39, 0.29) is 5.41 Å². The SMILES string of the molecule is CC(C)(C)c1ccc2cc3cc(C(=O)O)ccc3cc2c1. The molecule has 0 aliphatic carbocycles. The first kappa shape index (κ1) is 13.6. The van der Waals surface area contributed by atoms with Gasteiger partial charge < -0.3 is 5.11 Å². The molecule has 0 radical (unpaired) electrons. The molecule has 3 rings (SSSR count). The molecule has 0 spiro atoms. The van der Waals surface area contributed by atoms with Crippen LogP contribution in [0.2, 0.25) is 0 Å². The molecule has 2 heteroatoms. The molecule has 0 saturated carbocycles. The van der Waals surface area contributed by atoms with Crippen molar-refractivity contribution in [2.24, 2.45) is 0 Å². The maximum absolute atomic E-state index is 11.1. The number of benzene rings is 3. The van der Waals surface area contributed by atoms with Crippen molar-refractivity contribution < 1.29 is 9.90 Å². The average Bonchev–Trinajstić information content (AvgIpc) is 2.42. The van der Waals surface area contributed by atoms with Crippen LogP contribution in [-0.4, -0.2) is 11.1 Å². The Morgan fingerprint density at radius 1 is 0.810 bits per heavy atom. The number of carboxylic acid groups (broad SMARTS) is 1. The smallest absolute Gasteiger partial charge is 0.335 e. The molecule has 0 amide bonds. The molecule has 21 heavy (non-hydrogen) atoms. The van der Waals surface area contributed by atoms with Gasteiger partial charge in [0.2, 0.25) is 0 Å². The van der Waals surface area contributed by atoms with Gasteiger partial charge >= 0.3 is 5.97 Å². The van der Waals surface area contributed by atoms with Crippen LogP contribution in [0.3, 0.4) is 0 Å². The zero-order valence-electron chi connectivity index (χ0n) is 12.5. The first-order valence-electron chi connectivity index (χ1n) is 7.06. The van der Waals surface area contributed by atoms with Crippen LogP contribution in [0.25, 0.3) is 21.5 Å². The summed E-state index contributed by atoms with van der Waals surface area (Å²) in [5, 5.41) is 13.4. The van der Waals surface area contributed by atoms with Crippen LogP contribution < -0.4 is 0 Å². The third kappa shape index (κ3) is 2.49. The van der Waals surface area contributed by atoms with Crippen LogP contribution in [0.15, 0.2) is 48.5 Å². The molecule has 0 atom stereocenters. The summed E-state index contributed by atoms with van der Waals surface area (Å²) in [4.78, 5) is 11.1. The summed E-state index contributed by atoms with van der Waals surface area (Å²) in [6, 6.07) is 15.9. The Hall–Kier alpha value is -2.35. The normalized spacial score (nSPS) is 12.0. The van der Waals surface area contributed by atoms with Crippen LogP contribution in [0.4, 0.5) is 0 Å². The molecule has 0 aliphatic heterocycles. The lowest BCUT2D eigenvalue weighted by Gasteiger charge is -2.19. The van der Waals surface area contributed by atoms with E-state index in [2.05, 4.69) is 51.1 Å². The standard InChI is InChI=1S/C19H18O2/c1-19(2,3)17-7-6-13-8-15-10-14(18(20)21)5-4-12(15)9-16(13)11-17/h4-11H,1-3H3,(H,20,21). The fourth-order valence-electron chi connectivity index (χ4n) is 2.60. The van der Waals surface area contributed by atoms with Crippen LogP contribution in [0.1, 0.15) is 36.7 Å². The van der Waals surface area contributed by atoms with Crippen molar-refractivity contribution in [3.8, 4) is 0 Å². The topological polar surface area (TPSA) is 37.3 Å². The highest BCUT2D eigenvalue weighted by Crippen LogP contribution is 2.29. The molecule has 106 valence electrons. The summed E-state index contributed by atoms with van der Waals surface area (Å²) in [7, 11) is 0. The molecule has 1 N–H and O–H groups in total. The molecule has 0 fully saturated rings. The summed E-state index contributed by atoms with van der Waals surface area (Å²) in [6.45, 7) is 6.61. The monoisotopic (exact) mass is 278 g/mol. The predicted molar refractivity (Wildman–Crippen MR) is 87.1 cm³/mol. The molecular weight excluding hydrogens is 260 g/mol. The lowest BCUT2D eigenvalue weighted by molar-refractivity contribution is 0.0697. The van der Waals surface area contributed by atoms with E-state index in [0.29, 0.717) is 5.56 Å². The van der Waals surface area contributed by atoms with E-state index in [0.717, 1.165) is 16.2 Å². The highest BCUT2D eigenvalue weighted by Gasteiger charge is 2.14. The number of carboxylic acids is 1. The van der Waals surface area contributed by atoms with Crippen LogP contribution in [-0.2, 0) is 5.41 Å². The van der Waals surface area contributed by atoms with Crippen molar-refractivity contribution in [3.05, 3.63) is 59.7 Å². The van der Waals surface area contributed by atoms with E-state index in [9.17, 15) is 4.79 Å². The number of aromatic carboxylic acids is 1. The van der Waals surface area contributed by atoms with Gasteiger partial charge in [0.05, 0.1) is 5.56 Å². The number of rotatable bonds is 1. The van der Waals surface area contributed by atoms with Crippen LogP contribution >= 0.6 is 0 Å². The largest absolute Gasteiger partial charge is 0.478 e. The van der Waals surface area contributed by atoms with Crippen molar-refractivity contribution in [2.75, 3.05) is 0 Å².